The van der Waals surface area contributed by atoms with Gasteiger partial charge in [-0.3, -0.25) is 4.79 Å². The number of nitrogens with two attached hydrogens (primary N) is 1. The van der Waals surface area contributed by atoms with Gasteiger partial charge in [0, 0.05) is 6.26 Å². The molecule has 8 heteroatoms. The first-order valence-corrected chi connectivity index (χ1v) is 6.09. The van der Waals surface area contributed by atoms with Gasteiger partial charge in [-0.15, -0.1) is 0 Å². The Kier molecular flexibility index (Phi) is 1.87. The van der Waals surface area contributed by atoms with Crippen LogP contribution in [0.25, 0.3) is 0 Å². The molecule has 1 amide bonds. The van der Waals surface area contributed by atoms with Gasteiger partial charge in [0.15, 0.2) is 14.6 Å². The molecule has 1 fully saturated rings. The van der Waals surface area contributed by atoms with Gasteiger partial charge >= 0.3 is 0 Å². The summed E-state index contributed by atoms with van der Waals surface area (Å²) in [6.45, 7) is 0. The summed E-state index contributed by atoms with van der Waals surface area (Å²) in [5, 5.41) is 3.31. The molecule has 0 aromatic carbocycles. The molecule has 0 atom stereocenters. The molecule has 1 saturated carbocycles. The van der Waals surface area contributed by atoms with E-state index in [2.05, 4.69) is 10.1 Å². The molecule has 0 bridgehead atoms. The van der Waals surface area contributed by atoms with Crippen molar-refractivity contribution in [3.8, 4) is 0 Å². The van der Waals surface area contributed by atoms with E-state index in [1.54, 1.807) is 0 Å². The highest BCUT2D eigenvalue weighted by Gasteiger charge is 2.58. The van der Waals surface area contributed by atoms with Crippen LogP contribution in [0.1, 0.15) is 29.4 Å². The molecule has 0 radical (unpaired) electrons. The zero-order valence-corrected chi connectivity index (χ0v) is 8.74. The summed E-state index contributed by atoms with van der Waals surface area (Å²) in [6, 6.07) is 0. The van der Waals surface area contributed by atoms with Gasteiger partial charge in [-0.2, -0.15) is 4.98 Å². The van der Waals surface area contributed by atoms with E-state index in [1.807, 2.05) is 0 Å². The molecule has 7 nitrogen and oxygen atoms in total. The molecule has 0 spiro atoms. The van der Waals surface area contributed by atoms with Crippen LogP contribution in [0.3, 0.4) is 0 Å². The third kappa shape index (κ3) is 1.41. The summed E-state index contributed by atoms with van der Waals surface area (Å²) in [6.07, 6.45) is 1.98. The Labute approximate surface area is 85.6 Å². The predicted molar refractivity (Wildman–Crippen MR) is 48.6 cm³/mol. The van der Waals surface area contributed by atoms with Crippen molar-refractivity contribution < 1.29 is 17.7 Å². The summed E-state index contributed by atoms with van der Waals surface area (Å²) < 4.78 is 26.6. The van der Waals surface area contributed by atoms with Gasteiger partial charge in [-0.05, 0) is 12.8 Å². The number of sulfone groups is 1. The standard InChI is InChI=1S/C7H9N3O4S/c1-15(12,13)7(2-3-7)6-9-5(4(8)11)10-14-6/h2-3H2,1H3,(H2,8,11). The molecule has 2 N–H and O–H groups in total. The highest BCUT2D eigenvalue weighted by Crippen LogP contribution is 2.51. The van der Waals surface area contributed by atoms with Crippen LogP contribution in [0.2, 0.25) is 0 Å². The summed E-state index contributed by atoms with van der Waals surface area (Å²) in [7, 11) is -3.31. The lowest BCUT2D eigenvalue weighted by molar-refractivity contribution is 0.0987. The second kappa shape index (κ2) is 2.78. The molecule has 2 rings (SSSR count). The van der Waals surface area contributed by atoms with Crippen molar-refractivity contribution in [2.45, 2.75) is 17.6 Å². The fourth-order valence-corrected chi connectivity index (χ4v) is 2.61. The smallest absolute Gasteiger partial charge is 0.290 e. The van der Waals surface area contributed by atoms with Gasteiger partial charge in [0.1, 0.15) is 0 Å². The number of nitrogens with zero attached hydrogens (tertiary/aromatic N) is 2. The van der Waals surface area contributed by atoms with E-state index in [1.165, 1.54) is 0 Å². The lowest BCUT2D eigenvalue weighted by atomic mass is 10.4. The van der Waals surface area contributed by atoms with Crippen molar-refractivity contribution in [2.24, 2.45) is 5.73 Å². The number of hydrogen-bond donors (Lipinski definition) is 1. The fourth-order valence-electron chi connectivity index (χ4n) is 1.37. The van der Waals surface area contributed by atoms with E-state index < -0.39 is 20.5 Å². The normalized spacial score (nSPS) is 18.7. The number of carbonyl (C=O) groups is 1. The molecular weight excluding hydrogens is 222 g/mol. The van der Waals surface area contributed by atoms with Crippen LogP contribution in [0, 0.1) is 0 Å². The second-order valence-corrected chi connectivity index (χ2v) is 5.88. The van der Waals surface area contributed by atoms with Gasteiger partial charge in [0.2, 0.25) is 5.89 Å². The summed E-state index contributed by atoms with van der Waals surface area (Å²) >= 11 is 0. The number of amides is 1. The molecule has 0 aliphatic heterocycles. The average Bonchev–Trinajstić information content (AvgIpc) is 2.77. The molecule has 1 aliphatic carbocycles. The minimum absolute atomic E-state index is 0.0428. The van der Waals surface area contributed by atoms with Gasteiger partial charge in [0.25, 0.3) is 11.7 Å². The molecule has 1 aromatic heterocycles. The molecule has 0 unspecified atom stereocenters. The Bertz CT molecular complexity index is 514. The van der Waals surface area contributed by atoms with Gasteiger partial charge < -0.3 is 10.3 Å². The minimum atomic E-state index is -3.31. The summed E-state index contributed by atoms with van der Waals surface area (Å²) in [5.41, 5.74) is 4.93. The van der Waals surface area contributed by atoms with Crippen LogP contribution in [-0.4, -0.2) is 30.7 Å². The number of carbonyl (C=O) groups excluding carboxylic acids is 1. The molecule has 1 aromatic rings. The monoisotopic (exact) mass is 231 g/mol. The number of primary amides is 1. The van der Waals surface area contributed by atoms with Crippen LogP contribution in [-0.2, 0) is 14.6 Å². The Morgan fingerprint density at radius 1 is 1.53 bits per heavy atom. The van der Waals surface area contributed by atoms with Crippen LogP contribution in [0.4, 0.5) is 0 Å². The van der Waals surface area contributed by atoms with E-state index in [0.29, 0.717) is 12.8 Å². The van der Waals surface area contributed by atoms with Crippen LogP contribution < -0.4 is 5.73 Å². The van der Waals surface area contributed by atoms with Crippen LogP contribution >= 0.6 is 0 Å². The molecule has 1 aliphatic rings. The zero-order chi connectivity index (χ0) is 11.3. The summed E-state index contributed by atoms with van der Waals surface area (Å²) in [4.78, 5) is 14.4. The van der Waals surface area contributed by atoms with Crippen molar-refractivity contribution in [1.29, 1.82) is 0 Å². The average molecular weight is 231 g/mol. The van der Waals surface area contributed by atoms with Crippen LogP contribution in [0.15, 0.2) is 4.52 Å². The van der Waals surface area contributed by atoms with E-state index in [-0.39, 0.29) is 11.7 Å². The molecule has 15 heavy (non-hydrogen) atoms. The minimum Gasteiger partial charge on any atom is -0.363 e. The molecule has 0 saturated heterocycles. The lowest BCUT2D eigenvalue weighted by Gasteiger charge is -2.05. The predicted octanol–water partition coefficient (Wildman–Crippen LogP) is -0.798. The maximum absolute atomic E-state index is 11.5. The van der Waals surface area contributed by atoms with Crippen molar-refractivity contribution in [3.63, 3.8) is 0 Å². The van der Waals surface area contributed by atoms with Crippen molar-refractivity contribution in [2.75, 3.05) is 6.26 Å². The third-order valence-electron chi connectivity index (χ3n) is 2.45. The zero-order valence-electron chi connectivity index (χ0n) is 7.93. The van der Waals surface area contributed by atoms with Crippen molar-refractivity contribution in [3.05, 3.63) is 11.7 Å². The molecule has 82 valence electrons. The van der Waals surface area contributed by atoms with Gasteiger partial charge in [0.05, 0.1) is 0 Å². The number of rotatable bonds is 3. The van der Waals surface area contributed by atoms with Gasteiger partial charge in [-0.1, -0.05) is 5.16 Å². The topological polar surface area (TPSA) is 116 Å². The summed E-state index contributed by atoms with van der Waals surface area (Å²) in [5.74, 6) is -1.17. The lowest BCUT2D eigenvalue weighted by Crippen LogP contribution is -2.20. The Morgan fingerprint density at radius 3 is 2.47 bits per heavy atom. The van der Waals surface area contributed by atoms with E-state index in [0.717, 1.165) is 6.26 Å². The number of hydrogen-bond acceptors (Lipinski definition) is 6. The molecule has 1 heterocycles. The number of aromatic nitrogens is 2. The van der Waals surface area contributed by atoms with Gasteiger partial charge in [-0.25, -0.2) is 8.42 Å². The highest BCUT2D eigenvalue weighted by atomic mass is 32.2. The maximum Gasteiger partial charge on any atom is 0.290 e. The second-order valence-electron chi connectivity index (χ2n) is 3.55. The first-order chi connectivity index (χ1) is 6.87. The first-order valence-electron chi connectivity index (χ1n) is 4.20. The largest absolute Gasteiger partial charge is 0.363 e. The van der Waals surface area contributed by atoms with E-state index in [9.17, 15) is 13.2 Å². The fraction of sp³-hybridized carbons (Fsp3) is 0.571. The quantitative estimate of drug-likeness (QED) is 0.728. The van der Waals surface area contributed by atoms with E-state index in [4.69, 9.17) is 10.3 Å². The Balaban J connectivity index is 2.43. The van der Waals surface area contributed by atoms with Crippen LogP contribution in [0.5, 0.6) is 0 Å². The SMILES string of the molecule is CS(=O)(=O)C1(c2nc(C(N)=O)no2)CC1. The van der Waals surface area contributed by atoms with E-state index >= 15 is 0 Å². The Hall–Kier alpha value is -1.44. The molecular formula is C7H9N3O4S. The third-order valence-corrected chi connectivity index (χ3v) is 4.45. The highest BCUT2D eigenvalue weighted by molar-refractivity contribution is 7.91. The first kappa shape index (κ1) is 10.1. The Morgan fingerprint density at radius 2 is 2.13 bits per heavy atom. The van der Waals surface area contributed by atoms with Crippen molar-refractivity contribution in [1.82, 2.24) is 10.1 Å². The van der Waals surface area contributed by atoms with Crippen molar-refractivity contribution >= 4 is 15.7 Å². The maximum atomic E-state index is 11.5.